The van der Waals surface area contributed by atoms with Gasteiger partial charge in [-0.1, -0.05) is 11.6 Å². The van der Waals surface area contributed by atoms with E-state index >= 15 is 0 Å². The minimum atomic E-state index is -0.0391. The first-order valence-corrected chi connectivity index (χ1v) is 9.35. The van der Waals surface area contributed by atoms with Crippen molar-refractivity contribution in [2.24, 2.45) is 5.41 Å². The van der Waals surface area contributed by atoms with Crippen molar-refractivity contribution in [2.75, 3.05) is 33.0 Å². The van der Waals surface area contributed by atoms with Crippen molar-refractivity contribution in [1.82, 2.24) is 4.90 Å². The molecule has 2 saturated heterocycles. The Morgan fingerprint density at radius 3 is 2.88 bits per heavy atom. The zero-order valence-electron chi connectivity index (χ0n) is 15.2. The van der Waals surface area contributed by atoms with Crippen molar-refractivity contribution < 1.29 is 18.7 Å². The zero-order valence-corrected chi connectivity index (χ0v) is 15.2. The molecule has 136 valence electrons. The average molecular weight is 345 g/mol. The van der Waals surface area contributed by atoms with E-state index in [2.05, 4.69) is 11.0 Å². The van der Waals surface area contributed by atoms with Crippen LogP contribution in [-0.4, -0.2) is 49.8 Å². The Morgan fingerprint density at radius 2 is 2.16 bits per heavy atom. The highest BCUT2D eigenvalue weighted by atomic mass is 16.5. The van der Waals surface area contributed by atoms with Crippen LogP contribution in [0.2, 0.25) is 0 Å². The maximum absolute atomic E-state index is 13.3. The van der Waals surface area contributed by atoms with E-state index < -0.39 is 0 Å². The molecule has 5 nitrogen and oxygen atoms in total. The summed E-state index contributed by atoms with van der Waals surface area (Å²) in [4.78, 5) is 15.4. The topological polar surface area (TPSA) is 51.9 Å². The number of likely N-dealkylation sites (tertiary alicyclic amines) is 1. The van der Waals surface area contributed by atoms with E-state index in [0.29, 0.717) is 12.2 Å². The number of nitrogens with zero attached hydrogens (tertiary/aromatic N) is 1. The average Bonchev–Trinajstić information content (AvgIpc) is 2.99. The van der Waals surface area contributed by atoms with Crippen LogP contribution in [0.4, 0.5) is 0 Å². The molecule has 0 spiro atoms. The van der Waals surface area contributed by atoms with E-state index in [0.717, 1.165) is 63.6 Å². The van der Waals surface area contributed by atoms with Gasteiger partial charge in [-0.25, -0.2) is 0 Å². The van der Waals surface area contributed by atoms with Crippen molar-refractivity contribution in [3.05, 3.63) is 34.8 Å². The highest BCUT2D eigenvalue weighted by Gasteiger charge is 2.50. The second kappa shape index (κ2) is 6.61. The first-order chi connectivity index (χ1) is 12.1. The molecule has 5 heteroatoms. The molecular weight excluding hydrogens is 318 g/mol. The summed E-state index contributed by atoms with van der Waals surface area (Å²) < 4.78 is 17.0. The Bertz CT molecular complexity index is 688. The smallest absolute Gasteiger partial charge is 0.257 e. The van der Waals surface area contributed by atoms with Gasteiger partial charge in [-0.05, 0) is 45.6 Å². The van der Waals surface area contributed by atoms with Gasteiger partial charge in [-0.3, -0.25) is 4.79 Å². The fraction of sp³-hybridized carbons (Fsp3) is 0.650. The van der Waals surface area contributed by atoms with Crippen molar-refractivity contribution in [3.8, 4) is 0 Å². The van der Waals surface area contributed by atoms with Crippen molar-refractivity contribution in [1.29, 1.82) is 0 Å². The number of carbonyl (C=O) groups excluding carboxylic acids is 1. The molecule has 4 rings (SSSR count). The molecule has 0 aromatic carbocycles. The van der Waals surface area contributed by atoms with Gasteiger partial charge in [0, 0.05) is 24.6 Å². The van der Waals surface area contributed by atoms with Gasteiger partial charge in [0.2, 0.25) is 0 Å². The Balaban J connectivity index is 1.68. The predicted octanol–water partition coefficient (Wildman–Crippen LogP) is 3.25. The summed E-state index contributed by atoms with van der Waals surface area (Å²) in [5, 5.41) is 0. The van der Waals surface area contributed by atoms with Gasteiger partial charge in [0.25, 0.3) is 5.91 Å². The molecule has 2 fully saturated rings. The molecule has 1 amide bonds. The van der Waals surface area contributed by atoms with Crippen LogP contribution in [0.25, 0.3) is 0 Å². The summed E-state index contributed by atoms with van der Waals surface area (Å²) in [6, 6.07) is 2.09. The van der Waals surface area contributed by atoms with Crippen LogP contribution >= 0.6 is 0 Å². The number of amides is 1. The fourth-order valence-corrected chi connectivity index (χ4v) is 4.92. The Kier molecular flexibility index (Phi) is 4.46. The van der Waals surface area contributed by atoms with E-state index in [-0.39, 0.29) is 17.4 Å². The largest absolute Gasteiger partial charge is 0.466 e. The summed E-state index contributed by atoms with van der Waals surface area (Å²) in [5.74, 6) is 1.62. The molecule has 25 heavy (non-hydrogen) atoms. The maximum Gasteiger partial charge on any atom is 0.257 e. The lowest BCUT2D eigenvalue weighted by Gasteiger charge is -2.54. The number of ether oxygens (including phenoxy) is 2. The van der Waals surface area contributed by atoms with Crippen LogP contribution in [-0.2, 0) is 9.47 Å². The molecule has 3 aliphatic heterocycles. The molecule has 1 aromatic rings. The fourth-order valence-electron chi connectivity index (χ4n) is 4.92. The third-order valence-electron chi connectivity index (χ3n) is 6.07. The summed E-state index contributed by atoms with van der Waals surface area (Å²) >= 11 is 0. The number of aryl methyl sites for hydroxylation is 2. The van der Waals surface area contributed by atoms with Gasteiger partial charge < -0.3 is 18.8 Å². The summed E-state index contributed by atoms with van der Waals surface area (Å²) in [5.41, 5.74) is 2.10. The van der Waals surface area contributed by atoms with Crippen molar-refractivity contribution in [2.45, 2.75) is 45.6 Å². The minimum absolute atomic E-state index is 0.0391. The summed E-state index contributed by atoms with van der Waals surface area (Å²) in [6.07, 6.45) is 6.19. The van der Waals surface area contributed by atoms with Crippen molar-refractivity contribution in [3.63, 3.8) is 0 Å². The SMILES string of the molecule is Cc1cc(C(=O)N2CCC[C@@]3(C4=CCOCC4)COCC[C@H]23)c(C)o1. The van der Waals surface area contributed by atoms with Gasteiger partial charge in [0.1, 0.15) is 11.5 Å². The van der Waals surface area contributed by atoms with Gasteiger partial charge in [-0.2, -0.15) is 0 Å². The van der Waals surface area contributed by atoms with Gasteiger partial charge >= 0.3 is 0 Å². The van der Waals surface area contributed by atoms with Gasteiger partial charge in [0.05, 0.1) is 25.4 Å². The van der Waals surface area contributed by atoms with Gasteiger partial charge in [-0.15, -0.1) is 0 Å². The molecule has 4 heterocycles. The molecule has 0 N–H and O–H groups in total. The third kappa shape index (κ3) is 2.83. The van der Waals surface area contributed by atoms with Crippen LogP contribution in [0.1, 0.15) is 47.6 Å². The number of furan rings is 1. The predicted molar refractivity (Wildman–Crippen MR) is 93.6 cm³/mol. The van der Waals surface area contributed by atoms with E-state index in [9.17, 15) is 4.79 Å². The van der Waals surface area contributed by atoms with Crippen LogP contribution in [0.15, 0.2) is 22.1 Å². The quantitative estimate of drug-likeness (QED) is 0.772. The Hall–Kier alpha value is -1.59. The monoisotopic (exact) mass is 345 g/mol. The van der Waals surface area contributed by atoms with Crippen molar-refractivity contribution >= 4 is 5.91 Å². The lowest BCUT2D eigenvalue weighted by molar-refractivity contribution is -0.0739. The Morgan fingerprint density at radius 1 is 1.28 bits per heavy atom. The van der Waals surface area contributed by atoms with Crippen LogP contribution in [0.3, 0.4) is 0 Å². The van der Waals surface area contributed by atoms with E-state index in [4.69, 9.17) is 13.9 Å². The first-order valence-electron chi connectivity index (χ1n) is 9.35. The van der Waals surface area contributed by atoms with Crippen LogP contribution in [0, 0.1) is 19.3 Å². The minimum Gasteiger partial charge on any atom is -0.466 e. The second-order valence-corrected chi connectivity index (χ2v) is 7.50. The van der Waals surface area contributed by atoms with Crippen LogP contribution < -0.4 is 0 Å². The Labute approximate surface area is 149 Å². The maximum atomic E-state index is 13.3. The molecule has 0 unspecified atom stereocenters. The lowest BCUT2D eigenvalue weighted by atomic mass is 9.65. The van der Waals surface area contributed by atoms with Crippen LogP contribution in [0.5, 0.6) is 0 Å². The molecule has 1 aromatic heterocycles. The molecule has 0 bridgehead atoms. The summed E-state index contributed by atoms with van der Waals surface area (Å²) in [6.45, 7) is 7.48. The highest BCUT2D eigenvalue weighted by Crippen LogP contribution is 2.48. The lowest BCUT2D eigenvalue weighted by Crippen LogP contribution is -2.59. The zero-order chi connectivity index (χ0) is 17.4. The standard InChI is InChI=1S/C20H27NO4/c1-14-12-17(15(2)25-14)19(22)21-8-3-7-20(13-24-11-6-18(20)21)16-4-9-23-10-5-16/h4,12,18H,3,5-11,13H2,1-2H3/t18-,20-/m0/s1. The number of hydrogen-bond acceptors (Lipinski definition) is 4. The third-order valence-corrected chi connectivity index (χ3v) is 6.07. The number of rotatable bonds is 2. The van der Waals surface area contributed by atoms with Gasteiger partial charge in [0.15, 0.2) is 0 Å². The molecule has 2 atom stereocenters. The number of hydrogen-bond donors (Lipinski definition) is 0. The highest BCUT2D eigenvalue weighted by molar-refractivity contribution is 5.95. The molecule has 0 radical (unpaired) electrons. The molecule has 0 aliphatic carbocycles. The molecule has 0 saturated carbocycles. The number of carbonyl (C=O) groups is 1. The second-order valence-electron chi connectivity index (χ2n) is 7.50. The van der Waals surface area contributed by atoms with E-state index in [1.807, 2.05) is 19.9 Å². The number of fused-ring (bicyclic) bond motifs is 1. The molecule has 3 aliphatic rings. The summed E-state index contributed by atoms with van der Waals surface area (Å²) in [7, 11) is 0. The molecular formula is C20H27NO4. The number of piperidine rings is 1. The first kappa shape index (κ1) is 16.9. The van der Waals surface area contributed by atoms with E-state index in [1.165, 1.54) is 5.57 Å². The van der Waals surface area contributed by atoms with E-state index in [1.54, 1.807) is 0 Å². The normalized spacial score (nSPS) is 29.9.